The maximum Gasteiger partial charge on any atom is 0.346 e. The van der Waals surface area contributed by atoms with Crippen LogP contribution in [0.5, 0.6) is 17.2 Å². The first-order chi connectivity index (χ1) is 9.98. The molecule has 8 heteroatoms. The van der Waals surface area contributed by atoms with Crippen LogP contribution < -0.4 is 19.9 Å². The third-order valence-electron chi connectivity index (χ3n) is 2.59. The lowest BCUT2D eigenvalue weighted by Crippen LogP contribution is -2.35. The normalized spacial score (nSPS) is 11.5. The summed E-state index contributed by atoms with van der Waals surface area (Å²) in [5.74, 6) is -0.777. The fourth-order valence-electron chi connectivity index (χ4n) is 1.50. The summed E-state index contributed by atoms with van der Waals surface area (Å²) in [6.45, 7) is 0. The molecule has 0 saturated carbocycles. The molecule has 21 heavy (non-hydrogen) atoms. The summed E-state index contributed by atoms with van der Waals surface area (Å²) < 4.78 is 20.0. The van der Waals surface area contributed by atoms with Crippen LogP contribution in [0.15, 0.2) is 12.1 Å². The van der Waals surface area contributed by atoms with Gasteiger partial charge in [0, 0.05) is 5.75 Å². The third kappa shape index (κ3) is 4.02. The summed E-state index contributed by atoms with van der Waals surface area (Å²) in [6, 6.07) is 1.78. The topological polar surface area (TPSA) is 97.1 Å². The van der Waals surface area contributed by atoms with Gasteiger partial charge in [-0.2, -0.15) is 12.6 Å². The van der Waals surface area contributed by atoms with Gasteiger partial charge in [-0.15, -0.1) is 0 Å². The molecule has 0 spiro atoms. The van der Waals surface area contributed by atoms with Crippen LogP contribution in [0.1, 0.15) is 10.4 Å². The lowest BCUT2D eigenvalue weighted by molar-refractivity contribution is -0.138. The zero-order chi connectivity index (χ0) is 16.0. The maximum atomic E-state index is 11.9. The number of rotatable bonds is 6. The Morgan fingerprint density at radius 1 is 1.14 bits per heavy atom. The highest BCUT2D eigenvalue weighted by atomic mass is 32.1. The summed E-state index contributed by atoms with van der Waals surface area (Å²) in [6.07, 6.45) is 0. The van der Waals surface area contributed by atoms with E-state index in [1.807, 2.05) is 0 Å². The number of nitrogens with two attached hydrogens (primary N) is 1. The summed E-state index contributed by atoms with van der Waals surface area (Å²) in [4.78, 5) is 23.4. The molecule has 0 aliphatic rings. The van der Waals surface area contributed by atoms with E-state index < -0.39 is 18.0 Å². The van der Waals surface area contributed by atoms with Crippen LogP contribution in [0.4, 0.5) is 0 Å². The highest BCUT2D eigenvalue weighted by molar-refractivity contribution is 7.80. The minimum atomic E-state index is -0.973. The first-order valence-corrected chi connectivity index (χ1v) is 6.54. The summed E-state index contributed by atoms with van der Waals surface area (Å²) in [7, 11) is 4.26. The van der Waals surface area contributed by atoms with Crippen LogP contribution in [-0.2, 0) is 9.53 Å². The second-order valence-corrected chi connectivity index (χ2v) is 4.28. The van der Waals surface area contributed by atoms with Crippen molar-refractivity contribution >= 4 is 24.6 Å². The molecule has 1 aromatic rings. The second kappa shape index (κ2) is 7.75. The molecule has 2 N–H and O–H groups in total. The van der Waals surface area contributed by atoms with E-state index in [4.69, 9.17) is 19.9 Å². The molecule has 1 aromatic carbocycles. The average Bonchev–Trinajstić information content (AvgIpc) is 2.51. The second-order valence-electron chi connectivity index (χ2n) is 3.91. The van der Waals surface area contributed by atoms with E-state index in [2.05, 4.69) is 17.4 Å². The van der Waals surface area contributed by atoms with Crippen molar-refractivity contribution in [3.63, 3.8) is 0 Å². The van der Waals surface area contributed by atoms with Gasteiger partial charge in [-0.3, -0.25) is 0 Å². The molecule has 0 aromatic heterocycles. The Kier molecular flexibility index (Phi) is 6.32. The van der Waals surface area contributed by atoms with E-state index in [1.165, 1.54) is 33.5 Å². The summed E-state index contributed by atoms with van der Waals surface area (Å²) in [5.41, 5.74) is 5.50. The quantitative estimate of drug-likeness (QED) is 0.452. The van der Waals surface area contributed by atoms with Gasteiger partial charge in [0.15, 0.2) is 11.5 Å². The van der Waals surface area contributed by atoms with Gasteiger partial charge in [0.1, 0.15) is 6.04 Å². The van der Waals surface area contributed by atoms with E-state index >= 15 is 0 Å². The van der Waals surface area contributed by atoms with Crippen molar-refractivity contribution in [1.29, 1.82) is 0 Å². The molecule has 1 atom stereocenters. The van der Waals surface area contributed by atoms with Crippen molar-refractivity contribution in [2.45, 2.75) is 6.04 Å². The Bertz CT molecular complexity index is 508. The van der Waals surface area contributed by atoms with Gasteiger partial charge in [-0.25, -0.2) is 9.59 Å². The molecule has 0 saturated heterocycles. The summed E-state index contributed by atoms with van der Waals surface area (Å²) in [5, 5.41) is 0. The number of benzene rings is 1. The van der Waals surface area contributed by atoms with Gasteiger partial charge in [-0.05, 0) is 12.1 Å². The number of esters is 2. The van der Waals surface area contributed by atoms with Crippen LogP contribution in [-0.4, -0.2) is 45.1 Å². The van der Waals surface area contributed by atoms with Crippen molar-refractivity contribution in [1.82, 2.24) is 0 Å². The highest BCUT2D eigenvalue weighted by Gasteiger charge is 2.22. The van der Waals surface area contributed by atoms with Crippen molar-refractivity contribution in [2.24, 2.45) is 5.73 Å². The van der Waals surface area contributed by atoms with Crippen molar-refractivity contribution in [3.8, 4) is 17.2 Å². The van der Waals surface area contributed by atoms with E-state index in [9.17, 15) is 9.59 Å². The fourth-order valence-corrected chi connectivity index (χ4v) is 1.65. The molecular weight excluding hydrogens is 298 g/mol. The Labute approximate surface area is 127 Å². The number of hydrogen-bond donors (Lipinski definition) is 2. The van der Waals surface area contributed by atoms with Crippen molar-refractivity contribution in [2.75, 3.05) is 27.1 Å². The van der Waals surface area contributed by atoms with E-state index in [0.29, 0.717) is 5.75 Å². The van der Waals surface area contributed by atoms with Gasteiger partial charge < -0.3 is 24.7 Å². The minimum absolute atomic E-state index is 0.0708. The number of thiol groups is 1. The van der Waals surface area contributed by atoms with Crippen LogP contribution >= 0.6 is 12.6 Å². The SMILES string of the molecule is COc1cc(C(=O)OC(=O)[C@@H](N)CS)cc(OC)c1OC. The number of carbonyl (C=O) groups excluding carboxylic acids is 2. The number of hydrogen-bond acceptors (Lipinski definition) is 8. The van der Waals surface area contributed by atoms with E-state index in [1.54, 1.807) is 0 Å². The zero-order valence-electron chi connectivity index (χ0n) is 11.9. The maximum absolute atomic E-state index is 11.9. The highest BCUT2D eigenvalue weighted by Crippen LogP contribution is 2.38. The Morgan fingerprint density at radius 2 is 1.67 bits per heavy atom. The van der Waals surface area contributed by atoms with Gasteiger partial charge in [-0.1, -0.05) is 0 Å². The number of ether oxygens (including phenoxy) is 4. The van der Waals surface area contributed by atoms with Crippen LogP contribution in [0.2, 0.25) is 0 Å². The molecule has 0 aliphatic heterocycles. The molecule has 0 amide bonds. The van der Waals surface area contributed by atoms with Gasteiger partial charge in [0.2, 0.25) is 5.75 Å². The molecule has 7 nitrogen and oxygen atoms in total. The zero-order valence-corrected chi connectivity index (χ0v) is 12.8. The molecule has 0 bridgehead atoms. The molecular formula is C13H17NO6S. The lowest BCUT2D eigenvalue weighted by Gasteiger charge is -2.14. The predicted molar refractivity (Wildman–Crippen MR) is 78.3 cm³/mol. The van der Waals surface area contributed by atoms with Crippen molar-refractivity contribution < 1.29 is 28.5 Å². The van der Waals surface area contributed by atoms with Gasteiger partial charge in [0.25, 0.3) is 0 Å². The monoisotopic (exact) mass is 315 g/mol. The standard InChI is InChI=1S/C13H17NO6S/c1-17-9-4-7(5-10(18-2)11(9)19-3)12(15)20-13(16)8(14)6-21/h4-5,8,21H,6,14H2,1-3H3/t8-/m0/s1. The smallest absolute Gasteiger partial charge is 0.346 e. The third-order valence-corrected chi connectivity index (χ3v) is 2.99. The van der Waals surface area contributed by atoms with E-state index in [-0.39, 0.29) is 22.8 Å². The molecule has 0 radical (unpaired) electrons. The number of carbonyl (C=O) groups is 2. The molecule has 0 heterocycles. The van der Waals surface area contributed by atoms with E-state index in [0.717, 1.165) is 0 Å². The Hall–Kier alpha value is -1.93. The first-order valence-electron chi connectivity index (χ1n) is 5.90. The largest absolute Gasteiger partial charge is 0.493 e. The van der Waals surface area contributed by atoms with Crippen molar-refractivity contribution in [3.05, 3.63) is 17.7 Å². The predicted octanol–water partition coefficient (Wildman–Crippen LogP) is 0.653. The molecule has 0 aliphatic carbocycles. The number of methoxy groups -OCH3 is 3. The van der Waals surface area contributed by atoms with Gasteiger partial charge >= 0.3 is 11.9 Å². The van der Waals surface area contributed by atoms with Gasteiger partial charge in [0.05, 0.1) is 26.9 Å². The molecule has 116 valence electrons. The Morgan fingerprint density at radius 3 is 2.05 bits per heavy atom. The summed E-state index contributed by atoms with van der Waals surface area (Å²) >= 11 is 3.86. The molecule has 0 unspecified atom stereocenters. The average molecular weight is 315 g/mol. The molecule has 0 fully saturated rings. The minimum Gasteiger partial charge on any atom is -0.493 e. The molecule has 1 rings (SSSR count). The van der Waals surface area contributed by atoms with Crippen LogP contribution in [0.3, 0.4) is 0 Å². The first kappa shape index (κ1) is 17.1. The fraction of sp³-hybridized carbons (Fsp3) is 0.385. The van der Waals surface area contributed by atoms with Crippen LogP contribution in [0, 0.1) is 0 Å². The lowest BCUT2D eigenvalue weighted by atomic mass is 10.2. The Balaban J connectivity index is 3.08. The van der Waals surface area contributed by atoms with Crippen LogP contribution in [0.25, 0.3) is 0 Å².